The number of carbonyl (C=O) groups is 2. The van der Waals surface area contributed by atoms with Gasteiger partial charge in [-0.25, -0.2) is 15.1 Å². The van der Waals surface area contributed by atoms with Gasteiger partial charge in [-0.05, 0) is 39.3 Å². The number of aliphatic carboxylic acids is 1. The zero-order valence-electron chi connectivity index (χ0n) is 14.9. The number of anilines is 1. The fourth-order valence-corrected chi connectivity index (χ4v) is 3.21. The fraction of sp³-hybridized carbons (Fsp3) is 0.333. The maximum absolute atomic E-state index is 12.8. The first kappa shape index (κ1) is 17.8. The van der Waals surface area contributed by atoms with Crippen molar-refractivity contribution >= 4 is 17.6 Å². The summed E-state index contributed by atoms with van der Waals surface area (Å²) in [5.41, 5.74) is 4.95. The number of benzene rings is 1. The van der Waals surface area contributed by atoms with E-state index in [1.54, 1.807) is 45.9 Å². The minimum absolute atomic E-state index is 0.0633. The van der Waals surface area contributed by atoms with Gasteiger partial charge in [-0.2, -0.15) is 0 Å². The van der Waals surface area contributed by atoms with Gasteiger partial charge in [0.2, 0.25) is 0 Å². The number of carboxylic acid groups (broad SMARTS) is 1. The van der Waals surface area contributed by atoms with Crippen LogP contribution < -0.4 is 15.7 Å². The number of carbonyl (C=O) groups excluding carboxylic acids is 1. The van der Waals surface area contributed by atoms with Crippen molar-refractivity contribution in [1.82, 2.24) is 5.32 Å². The highest BCUT2D eigenvalue weighted by Crippen LogP contribution is 2.45. The minimum Gasteiger partial charge on any atom is -0.478 e. The van der Waals surface area contributed by atoms with E-state index in [-0.39, 0.29) is 17.3 Å². The van der Waals surface area contributed by atoms with Gasteiger partial charge in [0.25, 0.3) is 0 Å². The van der Waals surface area contributed by atoms with Crippen molar-refractivity contribution in [2.75, 3.05) is 5.48 Å². The van der Waals surface area contributed by atoms with Gasteiger partial charge in [0, 0.05) is 11.4 Å². The Morgan fingerprint density at radius 2 is 1.88 bits per heavy atom. The maximum Gasteiger partial charge on any atom is 0.337 e. The number of fused-ring (bicyclic) bond motifs is 1. The molecule has 2 aliphatic rings. The molecule has 8 heteroatoms. The number of hydrogen-bond donors (Lipinski definition) is 3. The smallest absolute Gasteiger partial charge is 0.337 e. The number of para-hydroxylation sites is 1. The van der Waals surface area contributed by atoms with E-state index in [2.05, 4.69) is 10.8 Å². The van der Waals surface area contributed by atoms with Crippen LogP contribution in [0.2, 0.25) is 0 Å². The van der Waals surface area contributed by atoms with Crippen LogP contribution in [0, 0.1) is 0 Å². The molecule has 2 heterocycles. The molecule has 1 atom stereocenters. The molecule has 1 aromatic carbocycles. The van der Waals surface area contributed by atoms with Crippen LogP contribution in [0.5, 0.6) is 5.75 Å². The van der Waals surface area contributed by atoms with Crippen LogP contribution in [-0.4, -0.2) is 23.1 Å². The van der Waals surface area contributed by atoms with Crippen LogP contribution in [0.3, 0.4) is 0 Å². The van der Waals surface area contributed by atoms with Gasteiger partial charge in [-0.15, -0.1) is 0 Å². The van der Waals surface area contributed by atoms with Gasteiger partial charge in [-0.1, -0.05) is 17.1 Å². The van der Waals surface area contributed by atoms with Crippen molar-refractivity contribution in [3.8, 4) is 5.75 Å². The van der Waals surface area contributed by atoms with Crippen molar-refractivity contribution < 1.29 is 29.3 Å². The van der Waals surface area contributed by atoms with Gasteiger partial charge in [0.15, 0.2) is 5.75 Å². The normalized spacial score (nSPS) is 18.9. The lowest BCUT2D eigenvalue weighted by molar-refractivity contribution is -0.160. The molecular formula is C18H20N2O6. The van der Waals surface area contributed by atoms with E-state index in [0.29, 0.717) is 28.4 Å². The van der Waals surface area contributed by atoms with Crippen molar-refractivity contribution in [3.05, 3.63) is 46.3 Å². The zero-order valence-corrected chi connectivity index (χ0v) is 14.9. The Balaban J connectivity index is 2.20. The SMILES string of the molecule is CC1=C(C(=O)O)C(c2cccc3c2NOO3)C(C(=O)OC(C)C)=C(C)N1. The molecule has 0 aliphatic carbocycles. The van der Waals surface area contributed by atoms with E-state index in [0.717, 1.165) is 0 Å². The monoisotopic (exact) mass is 360 g/mol. The van der Waals surface area contributed by atoms with E-state index < -0.39 is 17.9 Å². The quantitative estimate of drug-likeness (QED) is 0.556. The molecule has 3 rings (SSSR count). The first-order chi connectivity index (χ1) is 12.3. The van der Waals surface area contributed by atoms with Gasteiger partial charge < -0.3 is 20.0 Å². The Kier molecular flexibility index (Phi) is 4.60. The summed E-state index contributed by atoms with van der Waals surface area (Å²) in [6.45, 7) is 6.85. The predicted molar refractivity (Wildman–Crippen MR) is 91.9 cm³/mol. The first-order valence-corrected chi connectivity index (χ1v) is 8.16. The molecule has 2 aliphatic heterocycles. The molecule has 0 spiro atoms. The van der Waals surface area contributed by atoms with Crippen LogP contribution in [0.1, 0.15) is 39.2 Å². The second-order valence-corrected chi connectivity index (χ2v) is 6.38. The number of esters is 1. The summed E-state index contributed by atoms with van der Waals surface area (Å²) < 4.78 is 5.36. The lowest BCUT2D eigenvalue weighted by Gasteiger charge is -2.30. The van der Waals surface area contributed by atoms with Crippen LogP contribution in [0.4, 0.5) is 5.69 Å². The summed E-state index contributed by atoms with van der Waals surface area (Å²) in [4.78, 5) is 34.6. The van der Waals surface area contributed by atoms with E-state index in [1.807, 2.05) is 0 Å². The number of hydrogen-bond acceptors (Lipinski definition) is 7. The molecule has 0 saturated carbocycles. The van der Waals surface area contributed by atoms with Crippen LogP contribution in [-0.2, 0) is 19.3 Å². The third-order valence-corrected chi connectivity index (χ3v) is 4.20. The number of rotatable bonds is 4. The van der Waals surface area contributed by atoms with Crippen molar-refractivity contribution in [2.45, 2.75) is 39.7 Å². The Bertz CT molecular complexity index is 840. The van der Waals surface area contributed by atoms with Crippen LogP contribution >= 0.6 is 0 Å². The second kappa shape index (κ2) is 6.72. The third-order valence-electron chi connectivity index (χ3n) is 4.20. The summed E-state index contributed by atoms with van der Waals surface area (Å²) in [7, 11) is 0. The molecular weight excluding hydrogens is 340 g/mol. The Morgan fingerprint density at radius 3 is 2.54 bits per heavy atom. The van der Waals surface area contributed by atoms with Crippen LogP contribution in [0.25, 0.3) is 0 Å². The molecule has 3 N–H and O–H groups in total. The lowest BCUT2D eigenvalue weighted by atomic mass is 9.79. The first-order valence-electron chi connectivity index (χ1n) is 8.16. The Morgan fingerprint density at radius 1 is 1.19 bits per heavy atom. The summed E-state index contributed by atoms with van der Waals surface area (Å²) in [5, 5.41) is 12.8. The number of ether oxygens (including phenoxy) is 1. The summed E-state index contributed by atoms with van der Waals surface area (Å²) in [6, 6.07) is 5.12. The van der Waals surface area contributed by atoms with Gasteiger partial charge >= 0.3 is 11.9 Å². The summed E-state index contributed by atoms with van der Waals surface area (Å²) in [5.74, 6) is -2.12. The highest BCUT2D eigenvalue weighted by atomic mass is 17.3. The van der Waals surface area contributed by atoms with Crippen LogP contribution in [0.15, 0.2) is 40.7 Å². The number of nitrogens with one attached hydrogen (secondary N) is 2. The van der Waals surface area contributed by atoms with Crippen molar-refractivity contribution in [1.29, 1.82) is 0 Å². The molecule has 0 amide bonds. The summed E-state index contributed by atoms with van der Waals surface area (Å²) >= 11 is 0. The maximum atomic E-state index is 12.8. The van der Waals surface area contributed by atoms with Crippen molar-refractivity contribution in [3.63, 3.8) is 0 Å². The molecule has 0 saturated heterocycles. The molecule has 0 fully saturated rings. The standard InChI is InChI=1S/C18H20N2O6/c1-8(2)24-18(23)14-10(4)19-9(3)13(17(21)22)15(14)11-6-5-7-12-16(11)20-26-25-12/h5-8,15,19-20H,1-4H3,(H,21,22). The number of carboxylic acids is 1. The van der Waals surface area contributed by atoms with Gasteiger partial charge in [0.1, 0.15) is 5.69 Å². The topological polar surface area (TPSA) is 106 Å². The largest absolute Gasteiger partial charge is 0.478 e. The summed E-state index contributed by atoms with van der Waals surface area (Å²) in [6.07, 6.45) is -0.338. The fourth-order valence-electron chi connectivity index (χ4n) is 3.21. The Hall–Kier alpha value is -3.00. The average Bonchev–Trinajstić information content (AvgIpc) is 3.01. The third kappa shape index (κ3) is 2.99. The van der Waals surface area contributed by atoms with E-state index in [1.165, 1.54) is 0 Å². The molecule has 0 aromatic heterocycles. The lowest BCUT2D eigenvalue weighted by Crippen LogP contribution is -2.32. The predicted octanol–water partition coefficient (Wildman–Crippen LogP) is 2.61. The van der Waals surface area contributed by atoms with E-state index >= 15 is 0 Å². The highest BCUT2D eigenvalue weighted by Gasteiger charge is 2.39. The highest BCUT2D eigenvalue weighted by molar-refractivity contribution is 6.00. The molecule has 138 valence electrons. The molecule has 26 heavy (non-hydrogen) atoms. The molecule has 1 unspecified atom stereocenters. The minimum atomic E-state index is -1.13. The van der Waals surface area contributed by atoms with E-state index in [4.69, 9.17) is 14.6 Å². The molecule has 0 radical (unpaired) electrons. The molecule has 1 aromatic rings. The van der Waals surface area contributed by atoms with Crippen molar-refractivity contribution in [2.24, 2.45) is 0 Å². The zero-order chi connectivity index (χ0) is 19.0. The second-order valence-electron chi connectivity index (χ2n) is 6.38. The average molecular weight is 360 g/mol. The van der Waals surface area contributed by atoms with E-state index in [9.17, 15) is 14.7 Å². The van der Waals surface area contributed by atoms with Gasteiger partial charge in [-0.3, -0.25) is 0 Å². The molecule has 8 nitrogen and oxygen atoms in total. The Labute approximate surface area is 150 Å². The van der Waals surface area contributed by atoms with Gasteiger partial charge in [0.05, 0.1) is 23.2 Å². The number of dihydropyridines is 1. The molecule has 0 bridgehead atoms. The number of allylic oxidation sites excluding steroid dienone is 2.